The molecule has 3 N–H and O–H groups in total. The van der Waals surface area contributed by atoms with Crippen molar-refractivity contribution in [2.75, 3.05) is 0 Å². The summed E-state index contributed by atoms with van der Waals surface area (Å²) in [5.74, 6) is -0.311. The van der Waals surface area contributed by atoms with Gasteiger partial charge in [0.25, 0.3) is 0 Å². The number of hydrogen-bond donors (Lipinski definition) is 2. The molecule has 0 radical (unpaired) electrons. The van der Waals surface area contributed by atoms with Gasteiger partial charge in [0.1, 0.15) is 0 Å². The van der Waals surface area contributed by atoms with Gasteiger partial charge in [-0.1, -0.05) is 19.1 Å². The molecule has 0 aromatic heterocycles. The molecule has 1 aromatic carbocycles. The van der Waals surface area contributed by atoms with Crippen LogP contribution in [-0.4, -0.2) is 17.5 Å². The zero-order valence-electron chi connectivity index (χ0n) is 11.2. The summed E-state index contributed by atoms with van der Waals surface area (Å²) in [6.07, 6.45) is 0.502. The molecular weight excluding hydrogens is 289 g/mol. The average molecular weight is 306 g/mol. The third-order valence-corrected chi connectivity index (χ3v) is 3.45. The summed E-state index contributed by atoms with van der Waals surface area (Å²) in [7, 11) is 0. The van der Waals surface area contributed by atoms with E-state index >= 15 is 0 Å². The van der Waals surface area contributed by atoms with E-state index in [9.17, 15) is 18.0 Å². The number of benzene rings is 1. The number of alkyl halides is 3. The number of nitrogens with one attached hydrogen (secondary N) is 1. The lowest BCUT2D eigenvalue weighted by atomic mass is 10.1. The van der Waals surface area contributed by atoms with Gasteiger partial charge in [0, 0.05) is 4.90 Å². The molecule has 2 atom stereocenters. The summed E-state index contributed by atoms with van der Waals surface area (Å²) in [5.41, 5.74) is 1.87. The molecule has 0 fully saturated rings. The summed E-state index contributed by atoms with van der Waals surface area (Å²) in [5, 5.41) is 2.68. The quantitative estimate of drug-likeness (QED) is 0.821. The molecule has 0 aliphatic rings. The first kappa shape index (κ1) is 16.8. The molecule has 1 unspecified atom stereocenters. The second-order valence-electron chi connectivity index (χ2n) is 4.37. The van der Waals surface area contributed by atoms with Crippen LogP contribution in [0.15, 0.2) is 29.2 Å². The van der Waals surface area contributed by atoms with Gasteiger partial charge in [-0.25, -0.2) is 0 Å². The fraction of sp³-hybridized carbons (Fsp3) is 0.462. The van der Waals surface area contributed by atoms with Crippen molar-refractivity contribution in [1.82, 2.24) is 5.32 Å². The Morgan fingerprint density at radius 2 is 2.10 bits per heavy atom. The van der Waals surface area contributed by atoms with E-state index in [2.05, 4.69) is 5.32 Å². The van der Waals surface area contributed by atoms with Crippen molar-refractivity contribution >= 4 is 17.7 Å². The molecule has 1 amide bonds. The predicted octanol–water partition coefficient (Wildman–Crippen LogP) is 3.21. The fourth-order valence-electron chi connectivity index (χ4n) is 1.57. The van der Waals surface area contributed by atoms with Crippen LogP contribution in [0.5, 0.6) is 0 Å². The van der Waals surface area contributed by atoms with Gasteiger partial charge in [0.15, 0.2) is 0 Å². The molecule has 0 aliphatic carbocycles. The summed E-state index contributed by atoms with van der Waals surface area (Å²) in [6.45, 7) is 3.49. The van der Waals surface area contributed by atoms with Crippen LogP contribution in [0.4, 0.5) is 13.2 Å². The van der Waals surface area contributed by atoms with Crippen molar-refractivity contribution in [3.63, 3.8) is 0 Å². The van der Waals surface area contributed by atoms with Crippen LogP contribution in [-0.2, 0) is 4.79 Å². The Kier molecular flexibility index (Phi) is 5.88. The van der Waals surface area contributed by atoms with Crippen LogP contribution in [0.25, 0.3) is 0 Å². The summed E-state index contributed by atoms with van der Waals surface area (Å²) in [4.78, 5) is 11.7. The normalized spacial score (nSPS) is 14.7. The first-order valence-electron chi connectivity index (χ1n) is 6.14. The molecule has 0 saturated carbocycles. The van der Waals surface area contributed by atoms with Gasteiger partial charge >= 0.3 is 5.51 Å². The van der Waals surface area contributed by atoms with Crippen molar-refractivity contribution in [3.05, 3.63) is 29.8 Å². The number of hydrogen-bond acceptors (Lipinski definition) is 3. The van der Waals surface area contributed by atoms with Gasteiger partial charge < -0.3 is 11.1 Å². The molecule has 0 heterocycles. The van der Waals surface area contributed by atoms with Crippen LogP contribution < -0.4 is 11.1 Å². The summed E-state index contributed by atoms with van der Waals surface area (Å²) in [6, 6.07) is 5.00. The second kappa shape index (κ2) is 6.99. The van der Waals surface area contributed by atoms with E-state index in [4.69, 9.17) is 5.73 Å². The van der Waals surface area contributed by atoms with Crippen molar-refractivity contribution in [3.8, 4) is 0 Å². The number of rotatable bonds is 5. The Labute approximate surface area is 120 Å². The Morgan fingerprint density at radius 1 is 1.45 bits per heavy atom. The first-order valence-corrected chi connectivity index (χ1v) is 6.96. The molecule has 7 heteroatoms. The Morgan fingerprint density at radius 3 is 2.65 bits per heavy atom. The van der Waals surface area contributed by atoms with Crippen LogP contribution in [0.3, 0.4) is 0 Å². The SMILES string of the molecule is CC[C@H](N)C(=O)NC(C)c1cccc(SC(F)(F)F)c1. The smallest absolute Gasteiger partial charge is 0.348 e. The maximum absolute atomic E-state index is 12.3. The van der Waals surface area contributed by atoms with Gasteiger partial charge in [-0.15, -0.1) is 0 Å². The molecule has 0 spiro atoms. The minimum absolute atomic E-state index is 0.0934. The standard InChI is InChI=1S/C13H17F3N2OS/c1-3-11(17)12(19)18-8(2)9-5-4-6-10(7-9)20-13(14,15)16/h4-8,11H,3,17H2,1-2H3,(H,18,19)/t8?,11-/m0/s1. The van der Waals surface area contributed by atoms with Crippen LogP contribution in [0.1, 0.15) is 31.9 Å². The van der Waals surface area contributed by atoms with Gasteiger partial charge in [-0.2, -0.15) is 13.2 Å². The molecule has 0 bridgehead atoms. The monoisotopic (exact) mass is 306 g/mol. The Hall–Kier alpha value is -1.21. The molecule has 1 rings (SSSR count). The maximum atomic E-state index is 12.3. The van der Waals surface area contributed by atoms with E-state index in [1.165, 1.54) is 18.2 Å². The van der Waals surface area contributed by atoms with Crippen LogP contribution in [0, 0.1) is 0 Å². The molecule has 112 valence electrons. The van der Waals surface area contributed by atoms with Gasteiger partial charge in [0.2, 0.25) is 5.91 Å². The highest BCUT2D eigenvalue weighted by molar-refractivity contribution is 8.00. The molecule has 1 aromatic rings. The van der Waals surface area contributed by atoms with E-state index in [1.807, 2.05) is 0 Å². The highest BCUT2D eigenvalue weighted by Crippen LogP contribution is 2.37. The van der Waals surface area contributed by atoms with Crippen LogP contribution in [0.2, 0.25) is 0 Å². The van der Waals surface area contributed by atoms with Crippen molar-refractivity contribution in [2.45, 2.75) is 42.8 Å². The molecular formula is C13H17F3N2OS. The van der Waals surface area contributed by atoms with Gasteiger partial charge in [-0.05, 0) is 42.8 Å². The maximum Gasteiger partial charge on any atom is 0.446 e. The minimum atomic E-state index is -4.32. The number of amides is 1. The average Bonchev–Trinajstić information content (AvgIpc) is 2.35. The predicted molar refractivity (Wildman–Crippen MR) is 73.2 cm³/mol. The van der Waals surface area contributed by atoms with Gasteiger partial charge in [0.05, 0.1) is 12.1 Å². The topological polar surface area (TPSA) is 55.1 Å². The summed E-state index contributed by atoms with van der Waals surface area (Å²) < 4.78 is 36.9. The zero-order chi connectivity index (χ0) is 15.3. The fourth-order valence-corrected chi connectivity index (χ4v) is 2.18. The van der Waals surface area contributed by atoms with Crippen molar-refractivity contribution < 1.29 is 18.0 Å². The van der Waals surface area contributed by atoms with E-state index in [0.717, 1.165) is 0 Å². The first-order chi connectivity index (χ1) is 9.23. The summed E-state index contributed by atoms with van der Waals surface area (Å²) >= 11 is -0.175. The van der Waals surface area contributed by atoms with E-state index in [1.54, 1.807) is 19.9 Å². The highest BCUT2D eigenvalue weighted by atomic mass is 32.2. The minimum Gasteiger partial charge on any atom is -0.348 e. The van der Waals surface area contributed by atoms with Crippen molar-refractivity contribution in [2.24, 2.45) is 5.73 Å². The Bertz CT molecular complexity index is 465. The lowest BCUT2D eigenvalue weighted by molar-refractivity contribution is -0.123. The number of thioether (sulfide) groups is 1. The van der Waals surface area contributed by atoms with Gasteiger partial charge in [-0.3, -0.25) is 4.79 Å². The molecule has 0 aliphatic heterocycles. The number of nitrogens with two attached hydrogens (primary N) is 1. The number of carbonyl (C=O) groups excluding carboxylic acids is 1. The third-order valence-electron chi connectivity index (χ3n) is 2.73. The lowest BCUT2D eigenvalue weighted by Gasteiger charge is -2.18. The lowest BCUT2D eigenvalue weighted by Crippen LogP contribution is -2.41. The molecule has 0 saturated heterocycles. The van der Waals surface area contributed by atoms with E-state index in [-0.39, 0.29) is 22.6 Å². The van der Waals surface area contributed by atoms with Crippen molar-refractivity contribution in [1.29, 1.82) is 0 Å². The molecule has 20 heavy (non-hydrogen) atoms. The second-order valence-corrected chi connectivity index (χ2v) is 5.50. The number of carbonyl (C=O) groups is 1. The zero-order valence-corrected chi connectivity index (χ0v) is 12.0. The number of halogens is 3. The Balaban J connectivity index is 2.76. The van der Waals surface area contributed by atoms with Crippen LogP contribution >= 0.6 is 11.8 Å². The van der Waals surface area contributed by atoms with E-state index < -0.39 is 17.6 Å². The highest BCUT2D eigenvalue weighted by Gasteiger charge is 2.29. The third kappa shape index (κ3) is 5.42. The van der Waals surface area contributed by atoms with E-state index in [0.29, 0.717) is 12.0 Å². The largest absolute Gasteiger partial charge is 0.446 e. The molecule has 3 nitrogen and oxygen atoms in total.